The Morgan fingerprint density at radius 3 is 2.87 bits per heavy atom. The maximum Gasteiger partial charge on any atom is 0.267 e. The summed E-state index contributed by atoms with van der Waals surface area (Å²) in [6, 6.07) is 1.63. The summed E-state index contributed by atoms with van der Waals surface area (Å²) in [5.41, 5.74) is 0.535. The molecule has 1 amide bonds. The van der Waals surface area contributed by atoms with Crippen molar-refractivity contribution in [2.45, 2.75) is 33.7 Å². The van der Waals surface area contributed by atoms with Crippen molar-refractivity contribution in [3.05, 3.63) is 38.9 Å². The number of carbonyl (C=O) groups is 1. The molecule has 0 saturated carbocycles. The van der Waals surface area contributed by atoms with Gasteiger partial charge >= 0.3 is 0 Å². The Labute approximate surface area is 135 Å². The van der Waals surface area contributed by atoms with Crippen LogP contribution in [-0.4, -0.2) is 20.6 Å². The molecule has 0 aliphatic heterocycles. The number of amides is 1. The first-order valence-corrected chi connectivity index (χ1v) is 8.06. The quantitative estimate of drug-likeness (QED) is 0.793. The van der Waals surface area contributed by atoms with Crippen molar-refractivity contribution in [2.75, 3.05) is 5.32 Å². The van der Waals surface area contributed by atoms with Gasteiger partial charge in [-0.25, -0.2) is 4.98 Å². The Morgan fingerprint density at radius 2 is 2.22 bits per heavy atom. The zero-order chi connectivity index (χ0) is 16.6. The smallest absolute Gasteiger partial charge is 0.267 e. The van der Waals surface area contributed by atoms with E-state index in [1.54, 1.807) is 24.5 Å². The van der Waals surface area contributed by atoms with Crippen LogP contribution < -0.4 is 10.9 Å². The lowest BCUT2D eigenvalue weighted by Gasteiger charge is -2.02. The molecule has 0 unspecified atom stereocenters. The lowest BCUT2D eigenvalue weighted by atomic mass is 10.2. The fraction of sp³-hybridized carbons (Fsp3) is 0.333. The van der Waals surface area contributed by atoms with Crippen LogP contribution in [0.2, 0.25) is 0 Å². The average Bonchev–Trinajstić information content (AvgIpc) is 3.06. The summed E-state index contributed by atoms with van der Waals surface area (Å²) >= 11 is 1.20. The first kappa shape index (κ1) is 15.4. The molecular weight excluding hydrogens is 316 g/mol. The number of aryl methyl sites for hydroxylation is 3. The summed E-state index contributed by atoms with van der Waals surface area (Å²) in [7, 11) is 0. The van der Waals surface area contributed by atoms with Crippen LogP contribution >= 0.6 is 11.3 Å². The van der Waals surface area contributed by atoms with E-state index in [2.05, 4.69) is 15.5 Å². The van der Waals surface area contributed by atoms with E-state index in [0.717, 1.165) is 6.42 Å². The Morgan fingerprint density at radius 1 is 1.43 bits per heavy atom. The van der Waals surface area contributed by atoms with Crippen molar-refractivity contribution in [2.24, 2.45) is 0 Å². The van der Waals surface area contributed by atoms with Crippen LogP contribution in [0.1, 0.15) is 34.3 Å². The van der Waals surface area contributed by atoms with Gasteiger partial charge in [-0.3, -0.25) is 14.2 Å². The van der Waals surface area contributed by atoms with Gasteiger partial charge in [0.1, 0.15) is 10.6 Å². The Hall–Kier alpha value is -2.48. The monoisotopic (exact) mass is 332 g/mol. The topological polar surface area (TPSA) is 90.0 Å². The van der Waals surface area contributed by atoms with Crippen LogP contribution in [0.15, 0.2) is 21.7 Å². The van der Waals surface area contributed by atoms with E-state index < -0.39 is 0 Å². The van der Waals surface area contributed by atoms with Gasteiger partial charge in [0, 0.05) is 12.6 Å². The highest BCUT2D eigenvalue weighted by molar-refractivity contribution is 7.20. The minimum Gasteiger partial charge on any atom is -0.360 e. The minimum atomic E-state index is -0.319. The highest BCUT2D eigenvalue weighted by Crippen LogP contribution is 2.27. The van der Waals surface area contributed by atoms with E-state index in [1.165, 1.54) is 17.7 Å². The molecule has 0 radical (unpaired) electrons. The number of rotatable bonds is 4. The molecule has 0 fully saturated rings. The van der Waals surface area contributed by atoms with Crippen molar-refractivity contribution in [3.63, 3.8) is 0 Å². The van der Waals surface area contributed by atoms with E-state index >= 15 is 0 Å². The molecular formula is C15H16N4O3S. The minimum absolute atomic E-state index is 0.109. The number of carbonyl (C=O) groups excluding carboxylic acids is 1. The van der Waals surface area contributed by atoms with Crippen LogP contribution in [-0.2, 0) is 6.54 Å². The molecule has 0 spiro atoms. The van der Waals surface area contributed by atoms with E-state index in [4.69, 9.17) is 4.52 Å². The van der Waals surface area contributed by atoms with Crippen molar-refractivity contribution in [3.8, 4) is 0 Å². The number of fused-ring (bicyclic) bond motifs is 1. The highest BCUT2D eigenvalue weighted by Gasteiger charge is 2.20. The molecule has 23 heavy (non-hydrogen) atoms. The SMILES string of the molecule is CCCn1cnc2sc(C(=O)Nc3cc(C)on3)c(C)c2c1=O. The summed E-state index contributed by atoms with van der Waals surface area (Å²) in [4.78, 5) is 30.3. The molecule has 3 aromatic heterocycles. The van der Waals surface area contributed by atoms with Crippen molar-refractivity contribution in [1.82, 2.24) is 14.7 Å². The molecule has 0 saturated heterocycles. The van der Waals surface area contributed by atoms with Gasteiger partial charge in [0.25, 0.3) is 11.5 Å². The molecule has 1 N–H and O–H groups in total. The van der Waals surface area contributed by atoms with Gasteiger partial charge in [0.15, 0.2) is 5.82 Å². The second-order valence-corrected chi connectivity index (χ2v) is 6.26. The van der Waals surface area contributed by atoms with Crippen molar-refractivity contribution >= 4 is 33.3 Å². The Kier molecular flexibility index (Phi) is 3.99. The molecule has 7 nitrogen and oxygen atoms in total. The third-order valence-electron chi connectivity index (χ3n) is 3.46. The highest BCUT2D eigenvalue weighted by atomic mass is 32.1. The van der Waals surface area contributed by atoms with Crippen LogP contribution in [0.5, 0.6) is 0 Å². The fourth-order valence-electron chi connectivity index (χ4n) is 2.37. The number of nitrogens with zero attached hydrogens (tertiary/aromatic N) is 3. The molecule has 0 aliphatic rings. The first-order valence-electron chi connectivity index (χ1n) is 7.24. The lowest BCUT2D eigenvalue weighted by molar-refractivity contribution is 0.102. The maximum atomic E-state index is 12.5. The van der Waals surface area contributed by atoms with Crippen LogP contribution in [0.3, 0.4) is 0 Å². The molecule has 0 aliphatic carbocycles. The number of nitrogens with one attached hydrogen (secondary N) is 1. The number of aromatic nitrogens is 3. The van der Waals surface area contributed by atoms with Gasteiger partial charge in [-0.15, -0.1) is 11.3 Å². The number of hydrogen-bond acceptors (Lipinski definition) is 6. The lowest BCUT2D eigenvalue weighted by Crippen LogP contribution is -2.20. The summed E-state index contributed by atoms with van der Waals surface area (Å²) in [5.74, 6) is 0.637. The molecule has 0 bridgehead atoms. The average molecular weight is 332 g/mol. The van der Waals surface area contributed by atoms with Crippen LogP contribution in [0.25, 0.3) is 10.2 Å². The van der Waals surface area contributed by atoms with Gasteiger partial charge in [-0.2, -0.15) is 0 Å². The molecule has 0 aromatic carbocycles. The van der Waals surface area contributed by atoms with E-state index in [-0.39, 0.29) is 11.5 Å². The predicted molar refractivity (Wildman–Crippen MR) is 88.1 cm³/mol. The summed E-state index contributed by atoms with van der Waals surface area (Å²) in [5, 5.41) is 6.91. The van der Waals surface area contributed by atoms with Gasteiger partial charge in [0.05, 0.1) is 16.6 Å². The molecule has 3 heterocycles. The number of hydrogen-bond donors (Lipinski definition) is 1. The maximum absolute atomic E-state index is 12.5. The number of anilines is 1. The zero-order valence-corrected chi connectivity index (χ0v) is 13.9. The summed E-state index contributed by atoms with van der Waals surface area (Å²) in [6.45, 7) is 6.11. The van der Waals surface area contributed by atoms with E-state index in [1.807, 2.05) is 6.92 Å². The summed E-state index contributed by atoms with van der Waals surface area (Å²) < 4.78 is 6.50. The third kappa shape index (κ3) is 2.77. The molecule has 8 heteroatoms. The standard InChI is InChI=1S/C15H16N4O3S/c1-4-5-19-7-16-14-11(15(19)21)9(3)12(23-14)13(20)17-10-6-8(2)22-18-10/h6-7H,4-5H2,1-3H3,(H,17,18,20). The Balaban J connectivity index is 2.01. The van der Waals surface area contributed by atoms with Gasteiger partial charge in [-0.1, -0.05) is 12.1 Å². The van der Waals surface area contributed by atoms with E-state index in [0.29, 0.717) is 38.8 Å². The number of thiophene rings is 1. The second-order valence-electron chi connectivity index (χ2n) is 5.26. The molecule has 3 rings (SSSR count). The van der Waals surface area contributed by atoms with Crippen molar-refractivity contribution < 1.29 is 9.32 Å². The Bertz CT molecular complexity index is 938. The largest absolute Gasteiger partial charge is 0.360 e. The van der Waals surface area contributed by atoms with E-state index in [9.17, 15) is 9.59 Å². The molecule has 0 atom stereocenters. The first-order chi connectivity index (χ1) is 11.0. The third-order valence-corrected chi connectivity index (χ3v) is 4.66. The summed E-state index contributed by atoms with van der Waals surface area (Å²) in [6.07, 6.45) is 2.38. The van der Waals surface area contributed by atoms with Gasteiger partial charge < -0.3 is 9.84 Å². The normalized spacial score (nSPS) is 11.1. The second kappa shape index (κ2) is 5.96. The van der Waals surface area contributed by atoms with Crippen LogP contribution in [0, 0.1) is 13.8 Å². The molecule has 3 aromatic rings. The van der Waals surface area contributed by atoms with Crippen molar-refractivity contribution in [1.29, 1.82) is 0 Å². The zero-order valence-electron chi connectivity index (χ0n) is 13.0. The fourth-order valence-corrected chi connectivity index (χ4v) is 3.41. The van der Waals surface area contributed by atoms with Gasteiger partial charge in [0.2, 0.25) is 0 Å². The van der Waals surface area contributed by atoms with Crippen LogP contribution in [0.4, 0.5) is 5.82 Å². The predicted octanol–water partition coefficient (Wildman–Crippen LogP) is 2.73. The molecule has 120 valence electrons. The van der Waals surface area contributed by atoms with Gasteiger partial charge in [-0.05, 0) is 25.8 Å².